The van der Waals surface area contributed by atoms with Gasteiger partial charge in [0, 0.05) is 17.7 Å². The third-order valence-corrected chi connectivity index (χ3v) is 7.41. The molecule has 3 aromatic carbocycles. The number of benzene rings is 3. The van der Waals surface area contributed by atoms with Crippen LogP contribution in [0.4, 0.5) is 0 Å². The van der Waals surface area contributed by atoms with Gasteiger partial charge < -0.3 is 14.2 Å². The first kappa shape index (κ1) is 27.0. The number of para-hydroxylation sites is 1. The van der Waals surface area contributed by atoms with Crippen LogP contribution < -0.4 is 14.2 Å². The normalized spacial score (nSPS) is 17.5. The minimum atomic E-state index is -0.588. The number of carbonyl (C=O) groups is 1. The third-order valence-electron chi connectivity index (χ3n) is 7.41. The molecule has 0 aliphatic carbocycles. The maximum absolute atomic E-state index is 12.6. The highest BCUT2D eigenvalue weighted by Crippen LogP contribution is 2.41. The molecule has 5 heteroatoms. The van der Waals surface area contributed by atoms with E-state index in [2.05, 4.69) is 42.2 Å². The first-order valence-corrected chi connectivity index (χ1v) is 14.0. The van der Waals surface area contributed by atoms with Crippen LogP contribution in [-0.4, -0.2) is 37.1 Å². The van der Waals surface area contributed by atoms with Crippen molar-refractivity contribution in [3.63, 3.8) is 0 Å². The van der Waals surface area contributed by atoms with Crippen molar-refractivity contribution in [2.24, 2.45) is 5.41 Å². The van der Waals surface area contributed by atoms with Gasteiger partial charge in [-0.1, -0.05) is 48.9 Å². The third kappa shape index (κ3) is 6.54. The second-order valence-corrected chi connectivity index (χ2v) is 11.6. The van der Waals surface area contributed by atoms with E-state index >= 15 is 0 Å². The summed E-state index contributed by atoms with van der Waals surface area (Å²) in [5, 5.41) is 0. The van der Waals surface area contributed by atoms with E-state index in [1.807, 2.05) is 63.2 Å². The number of piperidine rings is 1. The standard InChI is InChI=1S/C34H39NO4/c1-24-22-31(25-12-15-27(16-13-25)37-21-20-35-18-8-5-9-19-35)38-32-23-26(14-17-28(24)32)29-10-6-7-11-30(29)39-33(36)34(2,3)4/h6-7,10-17,22-23,31H,5,8-9,18-21H2,1-4H3. The Hall–Kier alpha value is -3.57. The smallest absolute Gasteiger partial charge is 0.316 e. The highest BCUT2D eigenvalue weighted by molar-refractivity contribution is 5.83. The van der Waals surface area contributed by atoms with Crippen LogP contribution in [0.1, 0.15) is 64.2 Å². The number of hydrogen-bond donors (Lipinski definition) is 0. The van der Waals surface area contributed by atoms with Gasteiger partial charge in [-0.25, -0.2) is 0 Å². The lowest BCUT2D eigenvalue weighted by Gasteiger charge is -2.26. The zero-order valence-corrected chi connectivity index (χ0v) is 23.5. The molecule has 1 atom stereocenters. The summed E-state index contributed by atoms with van der Waals surface area (Å²) >= 11 is 0. The Labute approximate surface area is 232 Å². The van der Waals surface area contributed by atoms with Crippen molar-refractivity contribution in [1.29, 1.82) is 0 Å². The van der Waals surface area contributed by atoms with E-state index in [-0.39, 0.29) is 12.1 Å². The Balaban J connectivity index is 1.29. The van der Waals surface area contributed by atoms with E-state index in [9.17, 15) is 4.79 Å². The molecule has 1 saturated heterocycles. The number of ether oxygens (including phenoxy) is 3. The summed E-state index contributed by atoms with van der Waals surface area (Å²) < 4.78 is 18.3. The van der Waals surface area contributed by atoms with E-state index in [0.717, 1.165) is 40.3 Å². The monoisotopic (exact) mass is 525 g/mol. The van der Waals surface area contributed by atoms with E-state index < -0.39 is 5.41 Å². The zero-order valence-electron chi connectivity index (χ0n) is 23.5. The van der Waals surface area contributed by atoms with Gasteiger partial charge in [0.1, 0.15) is 30.0 Å². The summed E-state index contributed by atoms with van der Waals surface area (Å²) in [7, 11) is 0. The number of esters is 1. The molecule has 0 bridgehead atoms. The van der Waals surface area contributed by atoms with Gasteiger partial charge in [0.05, 0.1) is 5.41 Å². The highest BCUT2D eigenvalue weighted by atomic mass is 16.5. The molecular formula is C34H39NO4. The number of hydrogen-bond acceptors (Lipinski definition) is 5. The Bertz CT molecular complexity index is 1330. The maximum atomic E-state index is 12.6. The molecule has 0 aromatic heterocycles. The fourth-order valence-corrected chi connectivity index (χ4v) is 5.04. The van der Waals surface area contributed by atoms with Crippen molar-refractivity contribution in [1.82, 2.24) is 4.90 Å². The lowest BCUT2D eigenvalue weighted by Crippen LogP contribution is -2.33. The van der Waals surface area contributed by atoms with Gasteiger partial charge in [0.25, 0.3) is 0 Å². The maximum Gasteiger partial charge on any atom is 0.316 e. The molecule has 2 heterocycles. The molecule has 39 heavy (non-hydrogen) atoms. The molecule has 0 saturated carbocycles. The molecular weight excluding hydrogens is 486 g/mol. The molecule has 0 radical (unpaired) electrons. The summed E-state index contributed by atoms with van der Waals surface area (Å²) in [5.74, 6) is 1.99. The van der Waals surface area contributed by atoms with Crippen LogP contribution in [0.2, 0.25) is 0 Å². The highest BCUT2D eigenvalue weighted by Gasteiger charge is 2.25. The number of allylic oxidation sites excluding steroid dienone is 1. The number of rotatable bonds is 7. The van der Waals surface area contributed by atoms with Crippen molar-refractivity contribution in [3.8, 4) is 28.4 Å². The summed E-state index contributed by atoms with van der Waals surface area (Å²) in [4.78, 5) is 15.1. The second kappa shape index (κ2) is 11.7. The minimum Gasteiger partial charge on any atom is -0.492 e. The molecule has 0 amide bonds. The summed E-state index contributed by atoms with van der Waals surface area (Å²) in [6.07, 6.45) is 5.91. The minimum absolute atomic E-state index is 0.191. The summed E-state index contributed by atoms with van der Waals surface area (Å²) in [5.41, 5.74) is 4.52. The molecule has 1 fully saturated rings. The first-order valence-electron chi connectivity index (χ1n) is 14.0. The van der Waals surface area contributed by atoms with E-state index in [4.69, 9.17) is 14.2 Å². The predicted molar refractivity (Wildman–Crippen MR) is 156 cm³/mol. The summed E-state index contributed by atoms with van der Waals surface area (Å²) in [6.45, 7) is 11.7. The van der Waals surface area contributed by atoms with Gasteiger partial charge in [-0.15, -0.1) is 0 Å². The van der Waals surface area contributed by atoms with Crippen LogP contribution in [0.15, 0.2) is 72.8 Å². The number of likely N-dealkylation sites (tertiary alicyclic amines) is 1. The first-order chi connectivity index (χ1) is 18.8. The number of nitrogens with zero attached hydrogens (tertiary/aromatic N) is 1. The van der Waals surface area contributed by atoms with Crippen molar-refractivity contribution in [3.05, 3.63) is 83.9 Å². The van der Waals surface area contributed by atoms with Crippen LogP contribution in [0, 0.1) is 5.41 Å². The number of fused-ring (bicyclic) bond motifs is 1. The van der Waals surface area contributed by atoms with Gasteiger partial charge in [-0.3, -0.25) is 9.69 Å². The second-order valence-electron chi connectivity index (χ2n) is 11.6. The van der Waals surface area contributed by atoms with Crippen molar-refractivity contribution >= 4 is 11.5 Å². The fraction of sp³-hybridized carbons (Fsp3) is 0.382. The van der Waals surface area contributed by atoms with Crippen LogP contribution in [0.3, 0.4) is 0 Å². The average Bonchev–Trinajstić information content (AvgIpc) is 2.93. The van der Waals surface area contributed by atoms with E-state index in [1.54, 1.807) is 0 Å². The van der Waals surface area contributed by atoms with Crippen LogP contribution >= 0.6 is 0 Å². The quantitative estimate of drug-likeness (QED) is 0.234. The lowest BCUT2D eigenvalue weighted by atomic mass is 9.95. The van der Waals surface area contributed by atoms with E-state index in [0.29, 0.717) is 12.4 Å². The van der Waals surface area contributed by atoms with Crippen LogP contribution in [0.25, 0.3) is 16.7 Å². The largest absolute Gasteiger partial charge is 0.492 e. The molecule has 5 nitrogen and oxygen atoms in total. The van der Waals surface area contributed by atoms with Gasteiger partial charge in [0.15, 0.2) is 0 Å². The molecule has 0 spiro atoms. The molecule has 204 valence electrons. The van der Waals surface area contributed by atoms with Crippen molar-refractivity contribution in [2.75, 3.05) is 26.2 Å². The Morgan fingerprint density at radius 1 is 0.949 bits per heavy atom. The molecule has 5 rings (SSSR count). The summed E-state index contributed by atoms with van der Waals surface area (Å²) in [6, 6.07) is 22.1. The van der Waals surface area contributed by atoms with Gasteiger partial charge in [0.2, 0.25) is 0 Å². The SMILES string of the molecule is CC1=CC(c2ccc(OCCN3CCCCC3)cc2)Oc2cc(-c3ccccc3OC(=O)C(C)(C)C)ccc21. The molecule has 2 aliphatic heterocycles. The van der Waals surface area contributed by atoms with Gasteiger partial charge in [-0.05, 0) is 101 Å². The average molecular weight is 526 g/mol. The Morgan fingerprint density at radius 2 is 1.69 bits per heavy atom. The Kier molecular flexibility index (Phi) is 8.08. The van der Waals surface area contributed by atoms with Crippen LogP contribution in [0.5, 0.6) is 17.2 Å². The van der Waals surface area contributed by atoms with Crippen molar-refractivity contribution < 1.29 is 19.0 Å². The molecule has 3 aromatic rings. The topological polar surface area (TPSA) is 48.0 Å². The molecule has 1 unspecified atom stereocenters. The molecule has 0 N–H and O–H groups in total. The Morgan fingerprint density at radius 3 is 2.44 bits per heavy atom. The number of carbonyl (C=O) groups excluding carboxylic acids is 1. The molecule has 2 aliphatic rings. The van der Waals surface area contributed by atoms with Crippen molar-refractivity contribution in [2.45, 2.75) is 53.1 Å². The fourth-order valence-electron chi connectivity index (χ4n) is 5.04. The zero-order chi connectivity index (χ0) is 27.4. The van der Waals surface area contributed by atoms with Crippen LogP contribution in [-0.2, 0) is 4.79 Å². The van der Waals surface area contributed by atoms with E-state index in [1.165, 1.54) is 37.9 Å². The lowest BCUT2D eigenvalue weighted by molar-refractivity contribution is -0.142. The van der Waals surface area contributed by atoms with Gasteiger partial charge in [-0.2, -0.15) is 0 Å². The predicted octanol–water partition coefficient (Wildman–Crippen LogP) is 7.71. The van der Waals surface area contributed by atoms with Gasteiger partial charge >= 0.3 is 5.97 Å².